The van der Waals surface area contributed by atoms with Gasteiger partial charge in [0.25, 0.3) is 11.5 Å². The molecule has 162 valence electrons. The Labute approximate surface area is 191 Å². The summed E-state index contributed by atoms with van der Waals surface area (Å²) in [6.07, 6.45) is -0.487. The van der Waals surface area contributed by atoms with Gasteiger partial charge in [-0.15, -0.1) is 0 Å². The van der Waals surface area contributed by atoms with Crippen LogP contribution < -0.4 is 10.5 Å². The van der Waals surface area contributed by atoms with Crippen molar-refractivity contribution in [2.75, 3.05) is 4.90 Å². The van der Waals surface area contributed by atoms with Gasteiger partial charge in [-0.2, -0.15) is 10.1 Å². The molecule has 6 rings (SSSR count). The molecule has 6 nitrogen and oxygen atoms in total. The zero-order chi connectivity index (χ0) is 22.9. The van der Waals surface area contributed by atoms with Crippen LogP contribution in [0.4, 0.5) is 5.69 Å². The quantitative estimate of drug-likeness (QED) is 0.432. The van der Waals surface area contributed by atoms with E-state index in [0.29, 0.717) is 22.5 Å². The molecular weight excluding hydrogens is 412 g/mol. The number of benzene rings is 3. The predicted octanol–water partition coefficient (Wildman–Crippen LogP) is 4.79. The van der Waals surface area contributed by atoms with Crippen molar-refractivity contribution in [3.05, 3.63) is 99.8 Å². The molecule has 1 atom stereocenters. The summed E-state index contributed by atoms with van der Waals surface area (Å²) in [5.41, 5.74) is 4.72. The lowest BCUT2D eigenvalue weighted by Gasteiger charge is -2.34. The topological polar surface area (TPSA) is 68.1 Å². The van der Waals surface area contributed by atoms with Crippen LogP contribution in [0.1, 0.15) is 48.4 Å². The Morgan fingerprint density at radius 1 is 0.818 bits per heavy atom. The van der Waals surface area contributed by atoms with Crippen molar-refractivity contribution < 1.29 is 4.79 Å². The van der Waals surface area contributed by atoms with Gasteiger partial charge in [0.05, 0.1) is 5.69 Å². The molecule has 1 aromatic heterocycles. The van der Waals surface area contributed by atoms with Crippen molar-refractivity contribution in [2.24, 2.45) is 0 Å². The number of nitrogens with zero attached hydrogens (tertiary/aromatic N) is 4. The van der Waals surface area contributed by atoms with Crippen LogP contribution in [-0.4, -0.2) is 20.7 Å². The van der Waals surface area contributed by atoms with E-state index in [1.165, 1.54) is 5.56 Å². The molecule has 1 amide bonds. The highest BCUT2D eigenvalue weighted by atomic mass is 16.2. The smallest absolute Gasteiger partial charge is 0.280 e. The maximum Gasteiger partial charge on any atom is 0.300 e. The summed E-state index contributed by atoms with van der Waals surface area (Å²) in [4.78, 5) is 32.7. The fourth-order valence-electron chi connectivity index (χ4n) is 4.71. The molecule has 0 saturated carbocycles. The highest BCUT2D eigenvalue weighted by molar-refractivity contribution is 6.13. The third kappa shape index (κ3) is 2.80. The van der Waals surface area contributed by atoms with E-state index in [0.717, 1.165) is 11.3 Å². The Bertz CT molecular complexity index is 1500. The van der Waals surface area contributed by atoms with Gasteiger partial charge in [0.15, 0.2) is 17.7 Å². The molecule has 0 aliphatic carbocycles. The molecule has 0 bridgehead atoms. The Morgan fingerprint density at radius 2 is 1.48 bits per heavy atom. The first-order chi connectivity index (χ1) is 15.8. The molecule has 0 spiro atoms. The molecule has 0 fully saturated rings. The maximum atomic E-state index is 13.4. The van der Waals surface area contributed by atoms with Crippen molar-refractivity contribution in [3.63, 3.8) is 0 Å². The molecule has 6 heteroatoms. The maximum absolute atomic E-state index is 13.4. The highest BCUT2D eigenvalue weighted by Crippen LogP contribution is 2.46. The molecule has 2 aliphatic rings. The molecule has 0 saturated heterocycles. The molecule has 4 aromatic rings. The van der Waals surface area contributed by atoms with Gasteiger partial charge in [0.1, 0.15) is 0 Å². The lowest BCUT2D eigenvalue weighted by atomic mass is 9.86. The number of carbonyl (C=O) groups excluding carboxylic acids is 1. The minimum Gasteiger partial charge on any atom is -0.280 e. The third-order valence-electron chi connectivity index (χ3n) is 6.43. The Kier molecular flexibility index (Phi) is 3.99. The number of hydrogen-bond acceptors (Lipinski definition) is 4. The van der Waals surface area contributed by atoms with Gasteiger partial charge in [-0.1, -0.05) is 75.4 Å². The second kappa shape index (κ2) is 6.72. The minimum atomic E-state index is -0.487. The molecular formula is C27H22N4O2. The zero-order valence-corrected chi connectivity index (χ0v) is 18.6. The van der Waals surface area contributed by atoms with E-state index in [4.69, 9.17) is 5.10 Å². The molecule has 0 radical (unpaired) electrons. The molecule has 0 unspecified atom stereocenters. The van der Waals surface area contributed by atoms with Crippen LogP contribution in [0.3, 0.4) is 0 Å². The van der Waals surface area contributed by atoms with Crippen LogP contribution >= 0.6 is 0 Å². The fraction of sp³-hybridized carbons (Fsp3) is 0.185. The van der Waals surface area contributed by atoms with Crippen LogP contribution in [-0.2, 0) is 5.41 Å². The summed E-state index contributed by atoms with van der Waals surface area (Å²) in [6, 6.07) is 23.0. The van der Waals surface area contributed by atoms with Gasteiger partial charge in [0.2, 0.25) is 0 Å². The lowest BCUT2D eigenvalue weighted by Crippen LogP contribution is -2.39. The van der Waals surface area contributed by atoms with Crippen LogP contribution in [0.5, 0.6) is 0 Å². The molecule has 3 heterocycles. The number of carbonyl (C=O) groups is 1. The minimum absolute atomic E-state index is 0.00718. The van der Waals surface area contributed by atoms with E-state index < -0.39 is 6.17 Å². The van der Waals surface area contributed by atoms with Gasteiger partial charge in [-0.05, 0) is 29.2 Å². The standard InChI is InChI=1S/C27H22N4O2/c1-27(2,3)17-14-12-16(13-15-17)22-24(32)28-23-20-10-6-7-11-21(20)30-25(31(23)29-22)18-8-4-5-9-19(18)26(30)33/h4-15,25H,1-3H3/t25-/m1/s1. The Balaban J connectivity index is 1.59. The summed E-state index contributed by atoms with van der Waals surface area (Å²) in [5.74, 6) is 0.390. The van der Waals surface area contributed by atoms with Gasteiger partial charge in [-0.3, -0.25) is 14.5 Å². The van der Waals surface area contributed by atoms with Gasteiger partial charge >= 0.3 is 0 Å². The largest absolute Gasteiger partial charge is 0.300 e. The number of aromatic nitrogens is 3. The summed E-state index contributed by atoms with van der Waals surface area (Å²) in [5, 5.41) is 4.80. The summed E-state index contributed by atoms with van der Waals surface area (Å²) >= 11 is 0. The fourth-order valence-corrected chi connectivity index (χ4v) is 4.71. The van der Waals surface area contributed by atoms with E-state index in [-0.39, 0.29) is 22.6 Å². The normalized spacial score (nSPS) is 16.2. The number of anilines is 1. The number of fused-ring (bicyclic) bond motifs is 8. The second-order valence-corrected chi connectivity index (χ2v) is 9.51. The molecule has 2 aliphatic heterocycles. The van der Waals surface area contributed by atoms with Crippen LogP contribution in [0, 0.1) is 0 Å². The van der Waals surface area contributed by atoms with Gasteiger partial charge in [0, 0.05) is 22.3 Å². The first-order valence-electron chi connectivity index (χ1n) is 11.0. The first kappa shape index (κ1) is 19.6. The van der Waals surface area contributed by atoms with E-state index in [1.807, 2.05) is 72.8 Å². The average Bonchev–Trinajstić information content (AvgIpc) is 3.11. The summed E-state index contributed by atoms with van der Waals surface area (Å²) in [6.45, 7) is 6.45. The van der Waals surface area contributed by atoms with Crippen molar-refractivity contribution in [2.45, 2.75) is 32.4 Å². The molecule has 33 heavy (non-hydrogen) atoms. The number of amides is 1. The summed E-state index contributed by atoms with van der Waals surface area (Å²) < 4.78 is 1.72. The van der Waals surface area contributed by atoms with Gasteiger partial charge in [-0.25, -0.2) is 4.68 Å². The van der Waals surface area contributed by atoms with E-state index >= 15 is 0 Å². The lowest BCUT2D eigenvalue weighted by molar-refractivity contribution is 0.0986. The number of rotatable bonds is 1. The van der Waals surface area contributed by atoms with Crippen LogP contribution in [0.2, 0.25) is 0 Å². The van der Waals surface area contributed by atoms with E-state index in [2.05, 4.69) is 25.8 Å². The SMILES string of the molecule is CC(C)(C)c1ccc(-c2nn3c(nc2=O)-c2ccccc2N2C(=O)c4ccccc4[C@H]23)cc1. The van der Waals surface area contributed by atoms with Crippen molar-refractivity contribution in [1.29, 1.82) is 0 Å². The highest BCUT2D eigenvalue weighted by Gasteiger charge is 2.44. The van der Waals surface area contributed by atoms with Crippen molar-refractivity contribution >= 4 is 11.6 Å². The van der Waals surface area contributed by atoms with Gasteiger partial charge < -0.3 is 0 Å². The number of para-hydroxylation sites is 1. The van der Waals surface area contributed by atoms with Crippen LogP contribution in [0.25, 0.3) is 22.6 Å². The third-order valence-corrected chi connectivity index (χ3v) is 6.43. The summed E-state index contributed by atoms with van der Waals surface area (Å²) in [7, 11) is 0. The Morgan fingerprint density at radius 3 is 2.21 bits per heavy atom. The molecule has 0 N–H and O–H groups in total. The number of hydrogen-bond donors (Lipinski definition) is 0. The first-order valence-corrected chi connectivity index (χ1v) is 11.0. The monoisotopic (exact) mass is 434 g/mol. The Hall–Kier alpha value is -4.06. The molecule has 3 aromatic carbocycles. The van der Waals surface area contributed by atoms with E-state index in [9.17, 15) is 9.59 Å². The van der Waals surface area contributed by atoms with E-state index in [1.54, 1.807) is 9.58 Å². The average molecular weight is 434 g/mol. The van der Waals surface area contributed by atoms with Crippen molar-refractivity contribution in [3.8, 4) is 22.6 Å². The predicted molar refractivity (Wildman–Crippen MR) is 127 cm³/mol. The van der Waals surface area contributed by atoms with Crippen LogP contribution in [0.15, 0.2) is 77.6 Å². The van der Waals surface area contributed by atoms with Crippen molar-refractivity contribution in [1.82, 2.24) is 14.8 Å². The second-order valence-electron chi connectivity index (χ2n) is 9.51. The zero-order valence-electron chi connectivity index (χ0n) is 18.6.